The summed E-state index contributed by atoms with van der Waals surface area (Å²) in [5.74, 6) is 0. The highest BCUT2D eigenvalue weighted by Crippen LogP contribution is 2.31. The zero-order valence-corrected chi connectivity index (χ0v) is 12.7. The van der Waals surface area contributed by atoms with Gasteiger partial charge >= 0.3 is 0 Å². The summed E-state index contributed by atoms with van der Waals surface area (Å²) in [6.45, 7) is 6.80. The van der Waals surface area contributed by atoms with Crippen LogP contribution in [0.2, 0.25) is 0 Å². The van der Waals surface area contributed by atoms with Gasteiger partial charge in [-0.3, -0.25) is 4.98 Å². The van der Waals surface area contributed by atoms with Crippen LogP contribution in [-0.4, -0.2) is 24.1 Å². The molecule has 0 bridgehead atoms. The van der Waals surface area contributed by atoms with Crippen LogP contribution in [0.15, 0.2) is 18.3 Å². The number of pyridine rings is 1. The highest BCUT2D eigenvalue weighted by atomic mass is 15.2. The van der Waals surface area contributed by atoms with E-state index < -0.39 is 0 Å². The molecule has 0 spiro atoms. The van der Waals surface area contributed by atoms with E-state index in [1.165, 1.54) is 24.9 Å². The van der Waals surface area contributed by atoms with Crippen molar-refractivity contribution in [3.8, 4) is 0 Å². The largest absolute Gasteiger partial charge is 0.365 e. The van der Waals surface area contributed by atoms with E-state index in [0.29, 0.717) is 18.1 Å². The van der Waals surface area contributed by atoms with Crippen molar-refractivity contribution in [2.75, 3.05) is 11.9 Å². The van der Waals surface area contributed by atoms with Gasteiger partial charge in [-0.15, -0.1) is 0 Å². The molecule has 1 aromatic rings. The molecule has 0 saturated carbocycles. The molecule has 106 valence electrons. The third-order valence-corrected chi connectivity index (χ3v) is 4.44. The summed E-state index contributed by atoms with van der Waals surface area (Å²) in [6, 6.07) is 6.12. The van der Waals surface area contributed by atoms with Gasteiger partial charge in [0, 0.05) is 18.1 Å². The quantitative estimate of drug-likeness (QED) is 0.879. The number of hydrogen-bond acceptors (Lipinski definition) is 3. The van der Waals surface area contributed by atoms with E-state index in [-0.39, 0.29) is 0 Å². The Bertz CT molecular complexity index is 383. The van der Waals surface area contributed by atoms with Gasteiger partial charge in [-0.25, -0.2) is 0 Å². The summed E-state index contributed by atoms with van der Waals surface area (Å²) in [4.78, 5) is 7.22. The normalized spacial score (nSPS) is 24.7. The number of rotatable bonds is 5. The van der Waals surface area contributed by atoms with Crippen molar-refractivity contribution >= 4 is 5.69 Å². The highest BCUT2D eigenvalue weighted by molar-refractivity contribution is 5.48. The average Bonchev–Trinajstić information content (AvgIpc) is 2.82. The van der Waals surface area contributed by atoms with Crippen LogP contribution in [-0.2, 0) is 0 Å². The van der Waals surface area contributed by atoms with Crippen molar-refractivity contribution in [1.82, 2.24) is 10.3 Å². The highest BCUT2D eigenvalue weighted by Gasteiger charge is 2.29. The predicted octanol–water partition coefficient (Wildman–Crippen LogP) is 3.52. The molecule has 3 nitrogen and oxygen atoms in total. The van der Waals surface area contributed by atoms with Crippen molar-refractivity contribution in [3.05, 3.63) is 24.0 Å². The van der Waals surface area contributed by atoms with Crippen LogP contribution in [0.5, 0.6) is 0 Å². The first kappa shape index (κ1) is 14.3. The fourth-order valence-electron chi connectivity index (χ4n) is 3.26. The van der Waals surface area contributed by atoms with E-state index in [0.717, 1.165) is 12.1 Å². The lowest BCUT2D eigenvalue weighted by Gasteiger charge is -2.30. The third kappa shape index (κ3) is 2.92. The first-order chi connectivity index (χ1) is 9.21. The molecule has 3 unspecified atom stereocenters. The maximum absolute atomic E-state index is 4.66. The molecule has 1 aromatic heterocycles. The molecule has 19 heavy (non-hydrogen) atoms. The Morgan fingerprint density at radius 1 is 1.37 bits per heavy atom. The molecule has 1 aliphatic rings. The number of anilines is 1. The first-order valence-corrected chi connectivity index (χ1v) is 7.62. The van der Waals surface area contributed by atoms with Crippen LogP contribution in [0.1, 0.15) is 58.2 Å². The van der Waals surface area contributed by atoms with Crippen LogP contribution >= 0.6 is 0 Å². The Labute approximate surface area is 117 Å². The van der Waals surface area contributed by atoms with E-state index in [4.69, 9.17) is 0 Å². The maximum Gasteiger partial charge on any atom is 0.0574 e. The van der Waals surface area contributed by atoms with E-state index in [9.17, 15) is 0 Å². The lowest BCUT2D eigenvalue weighted by molar-refractivity contribution is 0.560. The van der Waals surface area contributed by atoms with E-state index in [1.807, 2.05) is 7.05 Å². The van der Waals surface area contributed by atoms with Crippen molar-refractivity contribution in [3.63, 3.8) is 0 Å². The summed E-state index contributed by atoms with van der Waals surface area (Å²) >= 11 is 0. The van der Waals surface area contributed by atoms with Crippen molar-refractivity contribution < 1.29 is 0 Å². The van der Waals surface area contributed by atoms with Gasteiger partial charge < -0.3 is 10.2 Å². The predicted molar refractivity (Wildman–Crippen MR) is 81.6 cm³/mol. The lowest BCUT2D eigenvalue weighted by atomic mass is 10.1. The monoisotopic (exact) mass is 261 g/mol. The van der Waals surface area contributed by atoms with Gasteiger partial charge in [-0.05, 0) is 51.8 Å². The van der Waals surface area contributed by atoms with Crippen LogP contribution < -0.4 is 10.2 Å². The Morgan fingerprint density at radius 3 is 2.68 bits per heavy atom. The number of aromatic nitrogens is 1. The fraction of sp³-hybridized carbons (Fsp3) is 0.688. The second-order valence-electron chi connectivity index (χ2n) is 5.59. The van der Waals surface area contributed by atoms with Gasteiger partial charge in [-0.2, -0.15) is 0 Å². The van der Waals surface area contributed by atoms with Gasteiger partial charge in [0.25, 0.3) is 0 Å². The first-order valence-electron chi connectivity index (χ1n) is 7.62. The SMILES string of the molecule is CCC(NC)c1ccc(N2C(C)CCC2CC)cn1. The standard InChI is InChI=1S/C16H27N3/c1-5-13-8-7-12(3)19(13)14-9-10-16(18-11-14)15(6-2)17-4/h9-13,15,17H,5-8H2,1-4H3. The molecule has 1 saturated heterocycles. The molecule has 3 heteroatoms. The van der Waals surface area contributed by atoms with Crippen molar-refractivity contribution in [2.45, 2.75) is 64.6 Å². The van der Waals surface area contributed by atoms with Gasteiger partial charge in [0.1, 0.15) is 0 Å². The summed E-state index contributed by atoms with van der Waals surface area (Å²) in [5, 5.41) is 3.31. The van der Waals surface area contributed by atoms with Crippen LogP contribution in [0.25, 0.3) is 0 Å². The Morgan fingerprint density at radius 2 is 2.16 bits per heavy atom. The molecule has 1 aliphatic heterocycles. The van der Waals surface area contributed by atoms with E-state index in [1.54, 1.807) is 0 Å². The fourth-order valence-corrected chi connectivity index (χ4v) is 3.26. The summed E-state index contributed by atoms with van der Waals surface area (Å²) in [6.07, 6.45) is 6.96. The average molecular weight is 261 g/mol. The molecular weight excluding hydrogens is 234 g/mol. The second-order valence-corrected chi connectivity index (χ2v) is 5.59. The van der Waals surface area contributed by atoms with Gasteiger partial charge in [0.05, 0.1) is 17.6 Å². The van der Waals surface area contributed by atoms with Crippen molar-refractivity contribution in [2.24, 2.45) is 0 Å². The second kappa shape index (κ2) is 6.38. The molecule has 2 heterocycles. The summed E-state index contributed by atoms with van der Waals surface area (Å²) < 4.78 is 0. The van der Waals surface area contributed by atoms with Crippen LogP contribution in [0.3, 0.4) is 0 Å². The van der Waals surface area contributed by atoms with Crippen LogP contribution in [0.4, 0.5) is 5.69 Å². The Balaban J connectivity index is 2.17. The summed E-state index contributed by atoms with van der Waals surface area (Å²) in [5.41, 5.74) is 2.43. The third-order valence-electron chi connectivity index (χ3n) is 4.44. The van der Waals surface area contributed by atoms with Gasteiger partial charge in [0.2, 0.25) is 0 Å². The molecule has 0 aromatic carbocycles. The maximum atomic E-state index is 4.66. The Kier molecular flexibility index (Phi) is 4.81. The topological polar surface area (TPSA) is 28.2 Å². The molecule has 0 aliphatic carbocycles. The van der Waals surface area contributed by atoms with E-state index in [2.05, 4.69) is 54.3 Å². The molecule has 1 fully saturated rings. The van der Waals surface area contributed by atoms with Crippen LogP contribution in [0, 0.1) is 0 Å². The minimum Gasteiger partial charge on any atom is -0.365 e. The molecule has 0 radical (unpaired) electrons. The zero-order valence-electron chi connectivity index (χ0n) is 12.7. The number of nitrogens with zero attached hydrogens (tertiary/aromatic N) is 2. The molecule has 3 atom stereocenters. The lowest BCUT2D eigenvalue weighted by Crippen LogP contribution is -2.34. The number of hydrogen-bond donors (Lipinski definition) is 1. The minimum atomic E-state index is 0.368. The molecule has 1 N–H and O–H groups in total. The molecule has 0 amide bonds. The number of nitrogens with one attached hydrogen (secondary N) is 1. The smallest absolute Gasteiger partial charge is 0.0574 e. The van der Waals surface area contributed by atoms with Gasteiger partial charge in [0.15, 0.2) is 0 Å². The minimum absolute atomic E-state index is 0.368. The molecular formula is C16H27N3. The van der Waals surface area contributed by atoms with Crippen molar-refractivity contribution in [1.29, 1.82) is 0 Å². The summed E-state index contributed by atoms with van der Waals surface area (Å²) in [7, 11) is 2.00. The van der Waals surface area contributed by atoms with E-state index >= 15 is 0 Å². The van der Waals surface area contributed by atoms with Gasteiger partial charge in [-0.1, -0.05) is 13.8 Å². The Hall–Kier alpha value is -1.09. The molecule has 2 rings (SSSR count). The zero-order chi connectivity index (χ0) is 13.8.